The molecule has 0 aliphatic rings. The third-order valence-corrected chi connectivity index (χ3v) is 11.9. The lowest BCUT2D eigenvalue weighted by Crippen LogP contribution is -2.11. The van der Waals surface area contributed by atoms with Gasteiger partial charge < -0.3 is 13.9 Å². The van der Waals surface area contributed by atoms with Crippen LogP contribution in [0, 0.1) is 13.8 Å². The summed E-state index contributed by atoms with van der Waals surface area (Å²) in [6.07, 6.45) is 0. The number of hydrogen-bond acceptors (Lipinski definition) is 2. The Bertz CT molecular complexity index is 3200. The molecule has 3 heteroatoms. The van der Waals surface area contributed by atoms with E-state index in [0.29, 0.717) is 0 Å². The number of para-hydroxylation sites is 3. The Morgan fingerprint density at radius 2 is 0.881 bits per heavy atom. The molecule has 0 atom stereocenters. The van der Waals surface area contributed by atoms with Crippen LogP contribution in [0.25, 0.3) is 82.8 Å². The average molecular weight is 757 g/mol. The summed E-state index contributed by atoms with van der Waals surface area (Å²) in [7, 11) is 0. The second-order valence-electron chi connectivity index (χ2n) is 15.4. The molecule has 3 nitrogen and oxygen atoms in total. The zero-order chi connectivity index (χ0) is 39.5. The van der Waals surface area contributed by atoms with Crippen LogP contribution in [0.1, 0.15) is 11.1 Å². The highest BCUT2D eigenvalue weighted by atomic mass is 16.3. The highest BCUT2D eigenvalue weighted by molar-refractivity contribution is 6.17. The highest BCUT2D eigenvalue weighted by Gasteiger charge is 2.23. The van der Waals surface area contributed by atoms with E-state index in [4.69, 9.17) is 4.42 Å². The maximum atomic E-state index is 6.89. The van der Waals surface area contributed by atoms with E-state index in [1.54, 1.807) is 0 Å². The van der Waals surface area contributed by atoms with Gasteiger partial charge in [0, 0.05) is 38.8 Å². The Hall–Kier alpha value is -7.62. The molecule has 11 aromatic rings. The summed E-state index contributed by atoms with van der Waals surface area (Å²) in [5.41, 5.74) is 17.9. The molecule has 2 heterocycles. The minimum Gasteiger partial charge on any atom is -0.455 e. The Morgan fingerprint density at radius 1 is 0.407 bits per heavy atom. The molecule has 280 valence electrons. The Kier molecular flexibility index (Phi) is 8.27. The SMILES string of the molecule is Cc1cc(N(c2ccc(-c3ccccc3)c(C)c2)c2ccc(-c3ccc(-n4c5ccccc5c5ccccc54)cc3)c3oc4ccccc4c23)ccc1-c1ccccc1. The van der Waals surface area contributed by atoms with Crippen LogP contribution in [-0.4, -0.2) is 4.57 Å². The molecule has 0 bridgehead atoms. The highest BCUT2D eigenvalue weighted by Crippen LogP contribution is 2.47. The molecule has 0 saturated carbocycles. The fraction of sp³-hybridized carbons (Fsp3) is 0.0357. The summed E-state index contributed by atoms with van der Waals surface area (Å²) in [6.45, 7) is 4.42. The molecule has 0 radical (unpaired) electrons. The predicted octanol–water partition coefficient (Wildman–Crippen LogP) is 15.8. The van der Waals surface area contributed by atoms with Gasteiger partial charge in [-0.15, -0.1) is 0 Å². The summed E-state index contributed by atoms with van der Waals surface area (Å²) in [6, 6.07) is 74.1. The van der Waals surface area contributed by atoms with E-state index in [0.717, 1.165) is 55.8 Å². The van der Waals surface area contributed by atoms with E-state index in [9.17, 15) is 0 Å². The van der Waals surface area contributed by atoms with Crippen LogP contribution in [-0.2, 0) is 0 Å². The van der Waals surface area contributed by atoms with Crippen LogP contribution >= 0.6 is 0 Å². The quantitative estimate of drug-likeness (QED) is 0.161. The summed E-state index contributed by atoms with van der Waals surface area (Å²) in [5.74, 6) is 0. The summed E-state index contributed by atoms with van der Waals surface area (Å²) in [5, 5.41) is 4.68. The van der Waals surface area contributed by atoms with Crippen molar-refractivity contribution in [1.82, 2.24) is 4.57 Å². The van der Waals surface area contributed by atoms with Gasteiger partial charge in [-0.2, -0.15) is 0 Å². The Labute approximate surface area is 343 Å². The minimum absolute atomic E-state index is 0.865. The number of anilines is 3. The molecule has 2 aromatic heterocycles. The number of hydrogen-bond donors (Lipinski definition) is 0. The summed E-state index contributed by atoms with van der Waals surface area (Å²) >= 11 is 0. The van der Waals surface area contributed by atoms with Gasteiger partial charge in [0.1, 0.15) is 11.2 Å². The number of benzene rings is 9. The standard InChI is InChI=1S/C56H40N2O/c1-37-35-43(29-31-45(37)39-15-5-3-6-16-39)57(44-30-32-46(38(2)36-44)40-17-7-4-8-18-40)53-34-33-47(56-55(53)50-21-11-14-24-54(50)59-56)41-25-27-42(28-26-41)58-51-22-12-9-19-48(51)49-20-10-13-23-52(49)58/h3-36H,1-2H3. The van der Waals surface area contributed by atoms with Crippen molar-refractivity contribution in [2.24, 2.45) is 0 Å². The topological polar surface area (TPSA) is 21.3 Å². The maximum Gasteiger partial charge on any atom is 0.145 e. The molecule has 0 fully saturated rings. The van der Waals surface area contributed by atoms with Crippen LogP contribution in [0.2, 0.25) is 0 Å². The van der Waals surface area contributed by atoms with Gasteiger partial charge in [-0.05, 0) is 120 Å². The van der Waals surface area contributed by atoms with Crippen molar-refractivity contribution >= 4 is 60.8 Å². The molecule has 0 saturated heterocycles. The molecule has 59 heavy (non-hydrogen) atoms. The normalized spacial score (nSPS) is 11.6. The third kappa shape index (κ3) is 5.82. The van der Waals surface area contributed by atoms with E-state index in [-0.39, 0.29) is 0 Å². The molecular weight excluding hydrogens is 717 g/mol. The Balaban J connectivity index is 1.09. The zero-order valence-electron chi connectivity index (χ0n) is 32.9. The first-order chi connectivity index (χ1) is 29.1. The van der Waals surface area contributed by atoms with Crippen molar-refractivity contribution in [1.29, 1.82) is 0 Å². The second kappa shape index (κ2) is 14.1. The smallest absolute Gasteiger partial charge is 0.145 e. The van der Waals surface area contributed by atoms with Crippen molar-refractivity contribution in [2.45, 2.75) is 13.8 Å². The van der Waals surface area contributed by atoms with E-state index in [1.165, 1.54) is 55.2 Å². The Morgan fingerprint density at radius 3 is 1.44 bits per heavy atom. The number of aryl methyl sites for hydroxylation is 2. The first-order valence-electron chi connectivity index (χ1n) is 20.3. The molecule has 9 aromatic carbocycles. The van der Waals surface area contributed by atoms with E-state index in [1.807, 2.05) is 0 Å². The number of furan rings is 1. The van der Waals surface area contributed by atoms with E-state index >= 15 is 0 Å². The predicted molar refractivity (Wildman–Crippen MR) is 249 cm³/mol. The lowest BCUT2D eigenvalue weighted by molar-refractivity contribution is 0.670. The van der Waals surface area contributed by atoms with Gasteiger partial charge in [0.25, 0.3) is 0 Å². The van der Waals surface area contributed by atoms with Crippen LogP contribution in [0.4, 0.5) is 17.1 Å². The molecule has 0 aliphatic carbocycles. The first kappa shape index (κ1) is 34.6. The molecule has 0 aliphatic heterocycles. The molecular formula is C56H40N2O. The fourth-order valence-corrected chi connectivity index (χ4v) is 9.10. The minimum atomic E-state index is 0.865. The van der Waals surface area contributed by atoms with Crippen molar-refractivity contribution in [3.05, 3.63) is 217 Å². The van der Waals surface area contributed by atoms with Crippen LogP contribution in [0.5, 0.6) is 0 Å². The van der Waals surface area contributed by atoms with Gasteiger partial charge in [0.05, 0.1) is 22.1 Å². The van der Waals surface area contributed by atoms with Gasteiger partial charge >= 0.3 is 0 Å². The number of rotatable bonds is 7. The van der Waals surface area contributed by atoms with Crippen molar-refractivity contribution in [2.75, 3.05) is 4.90 Å². The second-order valence-corrected chi connectivity index (χ2v) is 15.4. The van der Waals surface area contributed by atoms with Crippen LogP contribution in [0.15, 0.2) is 211 Å². The van der Waals surface area contributed by atoms with Gasteiger partial charge in [0.2, 0.25) is 0 Å². The zero-order valence-corrected chi connectivity index (χ0v) is 32.9. The number of aromatic nitrogens is 1. The maximum absolute atomic E-state index is 6.89. The molecule has 0 unspecified atom stereocenters. The summed E-state index contributed by atoms with van der Waals surface area (Å²) in [4.78, 5) is 2.41. The van der Waals surface area contributed by atoms with Gasteiger partial charge in [-0.1, -0.05) is 140 Å². The fourth-order valence-electron chi connectivity index (χ4n) is 9.10. The first-order valence-corrected chi connectivity index (χ1v) is 20.3. The van der Waals surface area contributed by atoms with E-state index < -0.39 is 0 Å². The summed E-state index contributed by atoms with van der Waals surface area (Å²) < 4.78 is 9.25. The lowest BCUT2D eigenvalue weighted by atomic mass is 9.96. The average Bonchev–Trinajstić information content (AvgIpc) is 3.84. The van der Waals surface area contributed by atoms with Gasteiger partial charge in [-0.3, -0.25) is 0 Å². The molecule has 0 spiro atoms. The van der Waals surface area contributed by atoms with Crippen molar-refractivity contribution in [3.63, 3.8) is 0 Å². The van der Waals surface area contributed by atoms with Crippen LogP contribution in [0.3, 0.4) is 0 Å². The van der Waals surface area contributed by atoms with E-state index in [2.05, 4.69) is 230 Å². The van der Waals surface area contributed by atoms with Crippen LogP contribution < -0.4 is 4.90 Å². The molecule has 0 N–H and O–H groups in total. The number of fused-ring (bicyclic) bond motifs is 6. The largest absolute Gasteiger partial charge is 0.455 e. The molecule has 11 rings (SSSR count). The van der Waals surface area contributed by atoms with Gasteiger partial charge in [-0.25, -0.2) is 0 Å². The van der Waals surface area contributed by atoms with Crippen molar-refractivity contribution in [3.8, 4) is 39.1 Å². The van der Waals surface area contributed by atoms with Crippen molar-refractivity contribution < 1.29 is 4.42 Å². The third-order valence-electron chi connectivity index (χ3n) is 11.9. The molecule has 0 amide bonds. The number of nitrogens with zero attached hydrogens (tertiary/aromatic N) is 2. The monoisotopic (exact) mass is 756 g/mol. The van der Waals surface area contributed by atoms with Gasteiger partial charge in [0.15, 0.2) is 0 Å². The lowest BCUT2D eigenvalue weighted by Gasteiger charge is -2.28.